The summed E-state index contributed by atoms with van der Waals surface area (Å²) in [6.07, 6.45) is 0.884. The molecule has 2 rings (SSSR count). The van der Waals surface area contributed by atoms with Crippen LogP contribution in [0, 0.1) is 11.6 Å². The lowest BCUT2D eigenvalue weighted by atomic mass is 10.3. The topological polar surface area (TPSA) is 75.3 Å². The molecule has 2 aromatic rings. The van der Waals surface area contributed by atoms with Crippen molar-refractivity contribution in [1.29, 1.82) is 0 Å². The summed E-state index contributed by atoms with van der Waals surface area (Å²) < 4.78 is 27.5. The zero-order valence-electron chi connectivity index (χ0n) is 8.56. The van der Waals surface area contributed by atoms with Crippen LogP contribution in [0.3, 0.4) is 0 Å². The van der Waals surface area contributed by atoms with Gasteiger partial charge < -0.3 is 10.2 Å². The van der Waals surface area contributed by atoms with E-state index in [1.807, 2.05) is 0 Å². The highest BCUT2D eigenvalue weighted by Crippen LogP contribution is 2.24. The van der Waals surface area contributed by atoms with E-state index in [2.05, 4.69) is 21.0 Å². The van der Waals surface area contributed by atoms with Gasteiger partial charge in [-0.05, 0) is 22.0 Å². The first-order chi connectivity index (χ1) is 8.40. The fourth-order valence-electron chi connectivity index (χ4n) is 1.33. The van der Waals surface area contributed by atoms with Crippen molar-refractivity contribution < 1.29 is 23.8 Å². The first-order valence-electron chi connectivity index (χ1n) is 4.57. The van der Waals surface area contributed by atoms with E-state index < -0.39 is 29.0 Å². The number of aromatic nitrogens is 2. The molecular formula is C10H5BrF2N2O3. The van der Waals surface area contributed by atoms with E-state index >= 15 is 0 Å². The number of carboxylic acid groups (broad SMARTS) is 1. The van der Waals surface area contributed by atoms with Gasteiger partial charge in [0.05, 0.1) is 10.7 Å². The van der Waals surface area contributed by atoms with Crippen LogP contribution >= 0.6 is 15.9 Å². The Labute approximate surface area is 107 Å². The molecule has 0 saturated heterocycles. The highest BCUT2D eigenvalue weighted by molar-refractivity contribution is 9.10. The second kappa shape index (κ2) is 4.37. The summed E-state index contributed by atoms with van der Waals surface area (Å²) in [5, 5.41) is 21.4. The highest BCUT2D eigenvalue weighted by atomic mass is 79.9. The van der Waals surface area contributed by atoms with Crippen LogP contribution in [0.1, 0.15) is 10.5 Å². The lowest BCUT2D eigenvalue weighted by molar-refractivity contribution is 0.0687. The van der Waals surface area contributed by atoms with Crippen LogP contribution < -0.4 is 0 Å². The van der Waals surface area contributed by atoms with Crippen LogP contribution in [-0.2, 0) is 0 Å². The first-order valence-corrected chi connectivity index (χ1v) is 5.36. The second-order valence-electron chi connectivity index (χ2n) is 3.33. The number of aromatic hydroxyl groups is 1. The van der Waals surface area contributed by atoms with E-state index in [-0.39, 0.29) is 10.2 Å². The Kier molecular flexibility index (Phi) is 3.04. The number of hydrogen-bond donors (Lipinski definition) is 2. The maximum absolute atomic E-state index is 13.6. The zero-order chi connectivity index (χ0) is 13.4. The van der Waals surface area contributed by atoms with Gasteiger partial charge in [-0.15, -0.1) is 0 Å². The molecule has 1 aromatic heterocycles. The van der Waals surface area contributed by atoms with Gasteiger partial charge in [-0.2, -0.15) is 5.10 Å². The van der Waals surface area contributed by atoms with Crippen molar-refractivity contribution >= 4 is 21.9 Å². The molecule has 8 heteroatoms. The Morgan fingerprint density at radius 2 is 2.00 bits per heavy atom. The lowest BCUT2D eigenvalue weighted by Gasteiger charge is -2.04. The Bertz CT molecular complexity index is 642. The fourth-order valence-corrected chi connectivity index (χ4v) is 1.64. The minimum atomic E-state index is -1.47. The molecule has 1 aromatic carbocycles. The minimum Gasteiger partial charge on any atom is -0.504 e. The molecule has 0 aliphatic rings. The summed E-state index contributed by atoms with van der Waals surface area (Å²) in [7, 11) is 0. The molecule has 18 heavy (non-hydrogen) atoms. The van der Waals surface area contributed by atoms with Gasteiger partial charge in [-0.3, -0.25) is 0 Å². The number of carboxylic acids is 1. The number of halogens is 3. The molecule has 0 aliphatic carbocycles. The van der Waals surface area contributed by atoms with Gasteiger partial charge in [0.1, 0.15) is 17.3 Å². The number of hydrogen-bond acceptors (Lipinski definition) is 3. The largest absolute Gasteiger partial charge is 0.504 e. The summed E-state index contributed by atoms with van der Waals surface area (Å²) in [5.74, 6) is -3.66. The van der Waals surface area contributed by atoms with Crippen LogP contribution in [0.2, 0.25) is 0 Å². The van der Waals surface area contributed by atoms with Crippen LogP contribution in [0.25, 0.3) is 5.69 Å². The van der Waals surface area contributed by atoms with Crippen molar-refractivity contribution in [2.24, 2.45) is 0 Å². The second-order valence-corrected chi connectivity index (χ2v) is 4.18. The van der Waals surface area contributed by atoms with Crippen LogP contribution in [0.15, 0.2) is 22.8 Å². The normalized spacial score (nSPS) is 10.6. The van der Waals surface area contributed by atoms with Crippen molar-refractivity contribution in [3.8, 4) is 11.4 Å². The number of benzene rings is 1. The van der Waals surface area contributed by atoms with Gasteiger partial charge in [0, 0.05) is 6.07 Å². The molecule has 0 aliphatic heterocycles. The monoisotopic (exact) mass is 318 g/mol. The number of carbonyl (C=O) groups is 1. The van der Waals surface area contributed by atoms with Crippen molar-refractivity contribution in [3.63, 3.8) is 0 Å². The summed E-state index contributed by atoms with van der Waals surface area (Å²) in [5.41, 5.74) is -0.948. The van der Waals surface area contributed by atoms with Crippen LogP contribution in [0.5, 0.6) is 5.75 Å². The molecule has 94 valence electrons. The van der Waals surface area contributed by atoms with Gasteiger partial charge in [-0.25, -0.2) is 18.3 Å². The molecule has 0 saturated carbocycles. The van der Waals surface area contributed by atoms with E-state index in [9.17, 15) is 18.7 Å². The Balaban J connectivity index is 2.59. The summed E-state index contributed by atoms with van der Waals surface area (Å²) in [6, 6.07) is 1.71. The highest BCUT2D eigenvalue weighted by Gasteiger charge is 2.18. The molecule has 2 N–H and O–H groups in total. The fraction of sp³-hybridized carbons (Fsp3) is 0. The molecule has 1 heterocycles. The van der Waals surface area contributed by atoms with E-state index in [1.165, 1.54) is 0 Å². The Hall–Kier alpha value is -1.96. The van der Waals surface area contributed by atoms with Gasteiger partial charge in [0.2, 0.25) is 5.69 Å². The van der Waals surface area contributed by atoms with Crippen LogP contribution in [-0.4, -0.2) is 26.0 Å². The molecule has 5 nitrogen and oxygen atoms in total. The third-order valence-electron chi connectivity index (χ3n) is 2.13. The average molecular weight is 319 g/mol. The van der Waals surface area contributed by atoms with E-state index in [0.717, 1.165) is 23.0 Å². The molecule has 0 fully saturated rings. The molecular weight excluding hydrogens is 314 g/mol. The van der Waals surface area contributed by atoms with Gasteiger partial charge >= 0.3 is 5.97 Å². The molecule has 0 unspecified atom stereocenters. The number of rotatable bonds is 2. The van der Waals surface area contributed by atoms with Gasteiger partial charge in [0.25, 0.3) is 0 Å². The molecule has 0 amide bonds. The molecule has 0 bridgehead atoms. The predicted octanol–water partition coefficient (Wildman–Crippen LogP) is 2.32. The lowest BCUT2D eigenvalue weighted by Crippen LogP contribution is -2.03. The summed E-state index contributed by atoms with van der Waals surface area (Å²) in [6.45, 7) is 0. The third-order valence-corrected chi connectivity index (χ3v) is 2.74. The zero-order valence-corrected chi connectivity index (χ0v) is 10.1. The maximum Gasteiger partial charge on any atom is 0.360 e. The molecule has 0 spiro atoms. The van der Waals surface area contributed by atoms with Crippen molar-refractivity contribution in [2.75, 3.05) is 0 Å². The van der Waals surface area contributed by atoms with E-state index in [4.69, 9.17) is 5.11 Å². The SMILES string of the molecule is O=C(O)c1nn(-c2cc(F)c(Br)cc2F)cc1O. The molecule has 0 radical (unpaired) electrons. The predicted molar refractivity (Wildman–Crippen MR) is 59.8 cm³/mol. The average Bonchev–Trinajstić information content (AvgIpc) is 2.65. The molecule has 0 atom stereocenters. The number of aromatic carboxylic acids is 1. The smallest absolute Gasteiger partial charge is 0.360 e. The quantitative estimate of drug-likeness (QED) is 0.833. The Morgan fingerprint density at radius 1 is 1.33 bits per heavy atom. The van der Waals surface area contributed by atoms with Crippen molar-refractivity contribution in [3.05, 3.63) is 40.1 Å². The van der Waals surface area contributed by atoms with Crippen molar-refractivity contribution in [2.45, 2.75) is 0 Å². The van der Waals surface area contributed by atoms with Crippen molar-refractivity contribution in [1.82, 2.24) is 9.78 Å². The van der Waals surface area contributed by atoms with Crippen LogP contribution in [0.4, 0.5) is 8.78 Å². The van der Waals surface area contributed by atoms with E-state index in [0.29, 0.717) is 0 Å². The van der Waals surface area contributed by atoms with E-state index in [1.54, 1.807) is 0 Å². The Morgan fingerprint density at radius 3 is 2.56 bits per heavy atom. The third kappa shape index (κ3) is 2.06. The summed E-state index contributed by atoms with van der Waals surface area (Å²) in [4.78, 5) is 10.7. The number of nitrogens with zero attached hydrogens (tertiary/aromatic N) is 2. The first kappa shape index (κ1) is 12.5. The van der Waals surface area contributed by atoms with Gasteiger partial charge in [0.15, 0.2) is 5.75 Å². The van der Waals surface area contributed by atoms with Gasteiger partial charge in [-0.1, -0.05) is 0 Å². The standard InChI is InChI=1S/C10H5BrF2N2O3/c11-4-1-6(13)7(2-5(4)12)15-3-8(16)9(14-15)10(17)18/h1-3,16H,(H,17,18). The summed E-state index contributed by atoms with van der Waals surface area (Å²) >= 11 is 2.81. The maximum atomic E-state index is 13.6. The minimum absolute atomic E-state index is 0.0708.